The van der Waals surface area contributed by atoms with Crippen molar-refractivity contribution in [2.24, 2.45) is 0 Å². The van der Waals surface area contributed by atoms with Crippen LogP contribution in [0, 0.1) is 13.8 Å². The Hall–Kier alpha value is -5.35. The summed E-state index contributed by atoms with van der Waals surface area (Å²) in [5, 5.41) is 3.27. The second-order valence-electron chi connectivity index (χ2n) is 15.6. The van der Waals surface area contributed by atoms with Gasteiger partial charge >= 0.3 is 6.09 Å². The van der Waals surface area contributed by atoms with Gasteiger partial charge in [0, 0.05) is 37.6 Å². The van der Waals surface area contributed by atoms with Crippen LogP contribution < -0.4 is 24.6 Å². The number of carbonyl (C=O) groups excluding carboxylic acids is 3. The van der Waals surface area contributed by atoms with E-state index in [1.165, 1.54) is 11.1 Å². The van der Waals surface area contributed by atoms with Gasteiger partial charge in [0.2, 0.25) is 11.8 Å². The molecule has 4 aliphatic heterocycles. The van der Waals surface area contributed by atoms with E-state index < -0.39 is 11.0 Å². The zero-order valence-electron chi connectivity index (χ0n) is 31.6. The lowest BCUT2D eigenvalue weighted by molar-refractivity contribution is -0.129. The molecule has 53 heavy (non-hydrogen) atoms. The molecule has 0 atom stereocenters. The summed E-state index contributed by atoms with van der Waals surface area (Å²) in [6.45, 7) is 12.9. The molecule has 10 heteroatoms. The van der Waals surface area contributed by atoms with Crippen LogP contribution in [0.25, 0.3) is 0 Å². The molecule has 0 aromatic heterocycles. The van der Waals surface area contributed by atoms with Crippen LogP contribution >= 0.6 is 0 Å². The lowest BCUT2D eigenvalue weighted by atomic mass is 9.74. The van der Waals surface area contributed by atoms with E-state index in [4.69, 9.17) is 14.2 Å². The van der Waals surface area contributed by atoms with E-state index in [2.05, 4.69) is 36.5 Å². The van der Waals surface area contributed by atoms with Crippen LogP contribution in [0.3, 0.4) is 0 Å². The van der Waals surface area contributed by atoms with Crippen LogP contribution in [0.5, 0.6) is 11.5 Å². The minimum absolute atomic E-state index is 0.0405. The Labute approximate surface area is 311 Å². The molecule has 0 unspecified atom stereocenters. The van der Waals surface area contributed by atoms with E-state index in [-0.39, 0.29) is 23.3 Å². The maximum Gasteiger partial charge on any atom is 0.410 e. The third kappa shape index (κ3) is 6.50. The molecule has 2 fully saturated rings. The van der Waals surface area contributed by atoms with Crippen molar-refractivity contribution in [3.8, 4) is 11.5 Å². The van der Waals surface area contributed by atoms with E-state index in [9.17, 15) is 14.4 Å². The van der Waals surface area contributed by atoms with Crippen LogP contribution in [0.1, 0.15) is 54.2 Å². The van der Waals surface area contributed by atoms with Crippen molar-refractivity contribution in [3.05, 3.63) is 118 Å². The molecule has 2 saturated heterocycles. The molecule has 4 heterocycles. The Bertz CT molecular complexity index is 2040. The highest BCUT2D eigenvalue weighted by Crippen LogP contribution is 2.49. The van der Waals surface area contributed by atoms with Gasteiger partial charge in [-0.25, -0.2) is 4.79 Å². The summed E-state index contributed by atoms with van der Waals surface area (Å²) in [6.07, 6.45) is -0.372. The number of hydrogen-bond donors (Lipinski definition) is 1. The highest BCUT2D eigenvalue weighted by Gasteiger charge is 2.60. The van der Waals surface area contributed by atoms with Gasteiger partial charge in [-0.15, -0.1) is 0 Å². The summed E-state index contributed by atoms with van der Waals surface area (Å²) >= 11 is 0. The van der Waals surface area contributed by atoms with E-state index in [0.29, 0.717) is 26.2 Å². The second kappa shape index (κ2) is 13.6. The summed E-state index contributed by atoms with van der Waals surface area (Å²) in [6, 6.07) is 28.1. The Balaban J connectivity index is 0.000000170. The Morgan fingerprint density at radius 2 is 1.11 bits per heavy atom. The number of hydrogen-bond acceptors (Lipinski definition) is 7. The maximum absolute atomic E-state index is 13.6. The van der Waals surface area contributed by atoms with Crippen molar-refractivity contribution in [3.63, 3.8) is 0 Å². The summed E-state index contributed by atoms with van der Waals surface area (Å²) in [4.78, 5) is 44.5. The second-order valence-corrected chi connectivity index (χ2v) is 15.6. The van der Waals surface area contributed by atoms with Gasteiger partial charge < -0.3 is 34.2 Å². The highest BCUT2D eigenvalue weighted by atomic mass is 16.6. The molecule has 8 rings (SSSR count). The summed E-state index contributed by atoms with van der Waals surface area (Å²) in [5.41, 5.74) is 6.96. The summed E-state index contributed by atoms with van der Waals surface area (Å²) in [7, 11) is 3.29. The van der Waals surface area contributed by atoms with E-state index in [1.54, 1.807) is 19.1 Å². The molecular weight excluding hydrogens is 668 g/mol. The number of benzene rings is 4. The first-order valence-electron chi connectivity index (χ1n) is 18.1. The van der Waals surface area contributed by atoms with Crippen molar-refractivity contribution >= 4 is 29.3 Å². The molecule has 4 aromatic carbocycles. The number of ether oxygens (including phenoxy) is 3. The molecule has 2 spiro atoms. The number of nitrogens with zero attached hydrogens (tertiary/aromatic N) is 3. The molecule has 1 N–H and O–H groups in total. The number of aryl methyl sites for hydroxylation is 2. The van der Waals surface area contributed by atoms with Gasteiger partial charge in [0.25, 0.3) is 0 Å². The smallest absolute Gasteiger partial charge is 0.410 e. The largest absolute Gasteiger partial charge is 0.497 e. The number of rotatable bonds is 6. The fourth-order valence-electron chi connectivity index (χ4n) is 7.73. The number of fused-ring (bicyclic) bond motifs is 4. The van der Waals surface area contributed by atoms with Crippen LogP contribution in [0.15, 0.2) is 84.9 Å². The van der Waals surface area contributed by atoms with Gasteiger partial charge in [0.05, 0.1) is 27.3 Å². The Morgan fingerprint density at radius 1 is 0.679 bits per heavy atom. The standard InChI is InChI=1S/C24H28N2O4.C19H20N2O2/c1-16-6-11-19-20(12-16)26(13-17-7-9-18(29-5)10-8-17)21(27)24(19)14-25(15-24)22(28)30-23(2,3)4;1-13-3-8-16-17(9-13)21(18(22)19(16)11-20-12-19)10-14-4-6-15(23-2)7-5-14/h6-12H,13-15H2,1-5H3;3-9,20H,10-12H2,1-2H3. The monoisotopic (exact) mass is 716 g/mol. The summed E-state index contributed by atoms with van der Waals surface area (Å²) in [5.74, 6) is 1.87. The van der Waals surface area contributed by atoms with Crippen LogP contribution in [0.2, 0.25) is 0 Å². The molecule has 276 valence electrons. The first-order chi connectivity index (χ1) is 25.3. The fourth-order valence-corrected chi connectivity index (χ4v) is 7.73. The number of nitrogens with one attached hydrogen (secondary N) is 1. The number of anilines is 2. The number of methoxy groups -OCH3 is 2. The van der Waals surface area contributed by atoms with Crippen LogP contribution in [0.4, 0.5) is 16.2 Å². The third-order valence-corrected chi connectivity index (χ3v) is 10.7. The topological polar surface area (TPSA) is 101 Å². The minimum atomic E-state index is -0.688. The number of amides is 3. The summed E-state index contributed by atoms with van der Waals surface area (Å²) < 4.78 is 15.9. The van der Waals surface area contributed by atoms with Crippen molar-refractivity contribution < 1.29 is 28.6 Å². The molecule has 0 saturated carbocycles. The highest BCUT2D eigenvalue weighted by molar-refractivity contribution is 6.10. The molecule has 0 radical (unpaired) electrons. The molecular formula is C43H48N4O6. The van der Waals surface area contributed by atoms with Gasteiger partial charge in [-0.3, -0.25) is 9.59 Å². The average Bonchev–Trinajstić information content (AvgIpc) is 3.48. The predicted octanol–water partition coefficient (Wildman–Crippen LogP) is 6.43. The maximum atomic E-state index is 13.6. The van der Waals surface area contributed by atoms with Crippen LogP contribution in [-0.2, 0) is 38.2 Å². The fraction of sp³-hybridized carbons (Fsp3) is 0.372. The number of likely N-dealkylation sites (tertiary alicyclic amines) is 1. The first kappa shape index (κ1) is 36.0. The molecule has 0 bridgehead atoms. The van der Waals surface area contributed by atoms with Crippen molar-refractivity contribution in [2.45, 2.75) is 64.1 Å². The van der Waals surface area contributed by atoms with Gasteiger partial charge in [-0.05, 0) is 104 Å². The molecule has 4 aliphatic rings. The van der Waals surface area contributed by atoms with Gasteiger partial charge in [-0.1, -0.05) is 48.5 Å². The van der Waals surface area contributed by atoms with Crippen molar-refractivity contribution in [1.82, 2.24) is 10.2 Å². The van der Waals surface area contributed by atoms with Crippen molar-refractivity contribution in [1.29, 1.82) is 0 Å². The predicted molar refractivity (Wildman–Crippen MR) is 205 cm³/mol. The third-order valence-electron chi connectivity index (χ3n) is 10.7. The molecule has 0 aliphatic carbocycles. The average molecular weight is 717 g/mol. The van der Waals surface area contributed by atoms with Crippen molar-refractivity contribution in [2.75, 3.05) is 50.2 Å². The zero-order chi connectivity index (χ0) is 37.7. The SMILES string of the molecule is COc1ccc(CN2C(=O)C3(CN(C(=O)OC(C)(C)C)C3)c3ccc(C)cc32)cc1.COc1ccc(CN2C(=O)C3(CNC3)c3ccc(C)cc32)cc1. The van der Waals surface area contributed by atoms with Gasteiger partial charge in [-0.2, -0.15) is 0 Å². The van der Waals surface area contributed by atoms with Gasteiger partial charge in [0.1, 0.15) is 27.9 Å². The lowest BCUT2D eigenvalue weighted by Gasteiger charge is -2.46. The zero-order valence-corrected chi connectivity index (χ0v) is 31.6. The van der Waals surface area contributed by atoms with Gasteiger partial charge in [0.15, 0.2) is 0 Å². The molecule has 10 nitrogen and oxygen atoms in total. The van der Waals surface area contributed by atoms with E-state index in [0.717, 1.165) is 58.2 Å². The molecule has 3 amide bonds. The lowest BCUT2D eigenvalue weighted by Crippen LogP contribution is -2.65. The Morgan fingerprint density at radius 3 is 1.51 bits per heavy atom. The quantitative estimate of drug-likeness (QED) is 0.246. The van der Waals surface area contributed by atoms with Crippen LogP contribution in [-0.4, -0.2) is 68.8 Å². The van der Waals surface area contributed by atoms with E-state index >= 15 is 0 Å². The molecule has 4 aromatic rings. The first-order valence-corrected chi connectivity index (χ1v) is 18.1. The minimum Gasteiger partial charge on any atom is -0.497 e. The number of carbonyl (C=O) groups is 3. The normalized spacial score (nSPS) is 17.5. The van der Waals surface area contributed by atoms with E-state index in [1.807, 2.05) is 98.2 Å². The Kier molecular flexibility index (Phi) is 9.22.